The fourth-order valence-corrected chi connectivity index (χ4v) is 3.47. The van der Waals surface area contributed by atoms with Gasteiger partial charge in [0.25, 0.3) is 5.91 Å². The molecule has 1 amide bonds. The number of thiazole rings is 1. The number of hydrogen-bond donors (Lipinski definition) is 2. The van der Waals surface area contributed by atoms with Crippen molar-refractivity contribution < 1.29 is 14.6 Å². The number of thiophene rings is 1. The van der Waals surface area contributed by atoms with Crippen LogP contribution in [-0.4, -0.2) is 42.4 Å². The molecule has 0 bridgehead atoms. The minimum absolute atomic E-state index is 0.158. The van der Waals surface area contributed by atoms with E-state index in [1.165, 1.54) is 18.4 Å². The van der Waals surface area contributed by atoms with Gasteiger partial charge in [-0.2, -0.15) is 0 Å². The fraction of sp³-hybridized carbons (Fsp3) is 0.385. The minimum atomic E-state index is -0.404. The lowest BCUT2D eigenvalue weighted by Gasteiger charge is -2.14. The van der Waals surface area contributed by atoms with Gasteiger partial charge in [-0.05, 0) is 18.4 Å². The zero-order valence-electron chi connectivity index (χ0n) is 11.3. The maximum absolute atomic E-state index is 12.2. The van der Waals surface area contributed by atoms with E-state index in [4.69, 9.17) is 4.74 Å². The van der Waals surface area contributed by atoms with Crippen molar-refractivity contribution >= 4 is 28.6 Å². The van der Waals surface area contributed by atoms with Crippen LogP contribution in [0.1, 0.15) is 15.4 Å². The average Bonchev–Trinajstić information content (AvgIpc) is 3.06. The highest BCUT2D eigenvalue weighted by atomic mass is 32.1. The van der Waals surface area contributed by atoms with E-state index in [1.54, 1.807) is 11.3 Å². The summed E-state index contributed by atoms with van der Waals surface area (Å²) in [5.74, 6) is -0.223. The quantitative estimate of drug-likeness (QED) is 0.855. The van der Waals surface area contributed by atoms with Crippen LogP contribution in [0.25, 0.3) is 9.88 Å². The van der Waals surface area contributed by atoms with Gasteiger partial charge in [-0.15, -0.1) is 22.7 Å². The summed E-state index contributed by atoms with van der Waals surface area (Å²) >= 11 is 2.95. The molecule has 2 aromatic heterocycles. The van der Waals surface area contributed by atoms with Crippen LogP contribution in [-0.2, 0) is 4.74 Å². The number of ether oxygens (including phenoxy) is 1. The Hall–Kier alpha value is -1.28. The van der Waals surface area contributed by atoms with Crippen molar-refractivity contribution in [1.29, 1.82) is 0 Å². The van der Waals surface area contributed by atoms with E-state index in [0.717, 1.165) is 9.88 Å². The lowest BCUT2D eigenvalue weighted by Crippen LogP contribution is -2.40. The highest BCUT2D eigenvalue weighted by molar-refractivity contribution is 7.22. The number of nitrogens with zero attached hydrogens (tertiary/aromatic N) is 1. The summed E-state index contributed by atoms with van der Waals surface area (Å²) in [5, 5.41) is 14.7. The largest absolute Gasteiger partial charge is 0.394 e. The third kappa shape index (κ3) is 3.43. The summed E-state index contributed by atoms with van der Waals surface area (Å²) < 4.78 is 4.94. The monoisotopic (exact) mass is 312 g/mol. The zero-order chi connectivity index (χ0) is 14.5. The predicted molar refractivity (Wildman–Crippen MR) is 80.4 cm³/mol. The van der Waals surface area contributed by atoms with Crippen molar-refractivity contribution in [3.05, 3.63) is 28.1 Å². The van der Waals surface area contributed by atoms with E-state index < -0.39 is 6.04 Å². The molecule has 0 aliphatic heterocycles. The zero-order valence-corrected chi connectivity index (χ0v) is 12.9. The number of rotatable bonds is 6. The van der Waals surface area contributed by atoms with Gasteiger partial charge in [0, 0.05) is 7.11 Å². The number of aliphatic hydroxyl groups is 1. The van der Waals surface area contributed by atoms with Crippen molar-refractivity contribution in [2.24, 2.45) is 0 Å². The lowest BCUT2D eigenvalue weighted by atomic mass is 10.3. The number of aliphatic hydroxyl groups excluding tert-OH is 1. The highest BCUT2D eigenvalue weighted by Gasteiger charge is 2.19. The molecule has 0 saturated heterocycles. The van der Waals surface area contributed by atoms with Crippen LogP contribution in [0.4, 0.5) is 0 Å². The Kier molecular flexibility index (Phi) is 5.24. The topological polar surface area (TPSA) is 71.5 Å². The molecule has 20 heavy (non-hydrogen) atoms. The lowest BCUT2D eigenvalue weighted by molar-refractivity contribution is 0.0842. The molecule has 108 valence electrons. The van der Waals surface area contributed by atoms with E-state index in [1.807, 2.05) is 24.4 Å². The van der Waals surface area contributed by atoms with Gasteiger partial charge in [-0.3, -0.25) is 4.79 Å². The Bertz CT molecular complexity index is 566. The normalized spacial score (nSPS) is 12.3. The molecule has 1 atom stereocenters. The number of aromatic nitrogens is 1. The van der Waals surface area contributed by atoms with Crippen LogP contribution in [0.5, 0.6) is 0 Å². The van der Waals surface area contributed by atoms with Gasteiger partial charge in [0.1, 0.15) is 9.88 Å². The molecule has 2 rings (SSSR count). The molecule has 2 N–H and O–H groups in total. The maximum atomic E-state index is 12.2. The molecular formula is C13H16N2O3S2. The second-order valence-corrected chi connectivity index (χ2v) is 6.17. The Morgan fingerprint density at radius 2 is 2.40 bits per heavy atom. The van der Waals surface area contributed by atoms with Gasteiger partial charge in [-0.1, -0.05) is 6.07 Å². The Morgan fingerprint density at radius 1 is 1.60 bits per heavy atom. The molecule has 2 aromatic rings. The Balaban J connectivity index is 2.14. The standard InChI is InChI=1S/C13H16N2O3S2/c1-8-11(12(17)15-9(6-16)7-18-2)20-13(14-8)10-4-3-5-19-10/h3-5,9,16H,6-7H2,1-2H3,(H,15,17). The summed E-state index contributed by atoms with van der Waals surface area (Å²) in [6.07, 6.45) is 0. The number of methoxy groups -OCH3 is 1. The summed E-state index contributed by atoms with van der Waals surface area (Å²) in [4.78, 5) is 18.2. The number of aryl methyl sites for hydroxylation is 1. The Morgan fingerprint density at radius 3 is 3.00 bits per heavy atom. The first-order valence-corrected chi connectivity index (χ1v) is 7.77. The molecule has 0 spiro atoms. The molecule has 0 fully saturated rings. The molecule has 7 heteroatoms. The Labute approximate surface area is 125 Å². The van der Waals surface area contributed by atoms with Crippen LogP contribution in [0.15, 0.2) is 17.5 Å². The van der Waals surface area contributed by atoms with Crippen LogP contribution in [0, 0.1) is 6.92 Å². The smallest absolute Gasteiger partial charge is 0.263 e. The first-order chi connectivity index (χ1) is 9.65. The SMILES string of the molecule is COCC(CO)NC(=O)c1sc(-c2cccs2)nc1C. The third-order valence-corrected chi connectivity index (χ3v) is 4.85. The molecule has 0 saturated carbocycles. The number of amides is 1. The highest BCUT2D eigenvalue weighted by Crippen LogP contribution is 2.30. The third-order valence-electron chi connectivity index (χ3n) is 2.66. The second-order valence-electron chi connectivity index (χ2n) is 4.22. The summed E-state index contributed by atoms with van der Waals surface area (Å²) in [6.45, 7) is 1.93. The number of nitrogens with one attached hydrogen (secondary N) is 1. The van der Waals surface area contributed by atoms with Crippen molar-refractivity contribution in [3.63, 3.8) is 0 Å². The summed E-state index contributed by atoms with van der Waals surface area (Å²) in [7, 11) is 1.53. The van der Waals surface area contributed by atoms with Crippen molar-refractivity contribution in [1.82, 2.24) is 10.3 Å². The van der Waals surface area contributed by atoms with E-state index in [0.29, 0.717) is 10.6 Å². The van der Waals surface area contributed by atoms with E-state index in [-0.39, 0.29) is 19.1 Å². The first kappa shape index (κ1) is 15.1. The number of carbonyl (C=O) groups is 1. The van der Waals surface area contributed by atoms with Gasteiger partial charge < -0.3 is 15.2 Å². The molecular weight excluding hydrogens is 296 g/mol. The van der Waals surface area contributed by atoms with E-state index >= 15 is 0 Å². The van der Waals surface area contributed by atoms with Crippen molar-refractivity contribution in [2.45, 2.75) is 13.0 Å². The number of carbonyl (C=O) groups excluding carboxylic acids is 1. The predicted octanol–water partition coefficient (Wildman–Crippen LogP) is 1.92. The first-order valence-electron chi connectivity index (χ1n) is 6.07. The van der Waals surface area contributed by atoms with Crippen molar-refractivity contribution in [2.75, 3.05) is 20.3 Å². The average molecular weight is 312 g/mol. The molecule has 1 unspecified atom stereocenters. The van der Waals surface area contributed by atoms with Gasteiger partial charge in [-0.25, -0.2) is 4.98 Å². The number of hydrogen-bond acceptors (Lipinski definition) is 6. The van der Waals surface area contributed by atoms with Crippen LogP contribution in [0.2, 0.25) is 0 Å². The molecule has 0 aliphatic rings. The summed E-state index contributed by atoms with van der Waals surface area (Å²) in [5.41, 5.74) is 0.699. The van der Waals surface area contributed by atoms with Crippen LogP contribution >= 0.6 is 22.7 Å². The van der Waals surface area contributed by atoms with Gasteiger partial charge in [0.2, 0.25) is 0 Å². The van der Waals surface area contributed by atoms with Gasteiger partial charge >= 0.3 is 0 Å². The minimum Gasteiger partial charge on any atom is -0.394 e. The molecule has 2 heterocycles. The fourth-order valence-electron chi connectivity index (χ4n) is 1.70. The van der Waals surface area contributed by atoms with E-state index in [9.17, 15) is 9.90 Å². The molecule has 0 aliphatic carbocycles. The van der Waals surface area contributed by atoms with Gasteiger partial charge in [0.05, 0.1) is 29.8 Å². The molecule has 5 nitrogen and oxygen atoms in total. The van der Waals surface area contributed by atoms with Crippen LogP contribution in [0.3, 0.4) is 0 Å². The second kappa shape index (κ2) is 6.94. The van der Waals surface area contributed by atoms with E-state index in [2.05, 4.69) is 10.3 Å². The molecule has 0 aromatic carbocycles. The summed E-state index contributed by atoms with van der Waals surface area (Å²) in [6, 6.07) is 3.53. The maximum Gasteiger partial charge on any atom is 0.263 e. The molecule has 0 radical (unpaired) electrons. The van der Waals surface area contributed by atoms with Crippen molar-refractivity contribution in [3.8, 4) is 9.88 Å². The van der Waals surface area contributed by atoms with Crippen LogP contribution < -0.4 is 5.32 Å². The van der Waals surface area contributed by atoms with Gasteiger partial charge in [0.15, 0.2) is 0 Å².